The summed E-state index contributed by atoms with van der Waals surface area (Å²) in [6, 6.07) is 13.7. The molecule has 3 rings (SSSR count). The molecule has 0 aliphatic carbocycles. The average Bonchev–Trinajstić information content (AvgIpc) is 2.77. The number of nitro benzene ring substituents is 1. The molecule has 0 saturated carbocycles. The van der Waals surface area contributed by atoms with E-state index in [0.29, 0.717) is 6.42 Å². The summed E-state index contributed by atoms with van der Waals surface area (Å²) in [4.78, 5) is 25.9. The van der Waals surface area contributed by atoms with Crippen molar-refractivity contribution in [2.45, 2.75) is 17.7 Å². The number of aromatic nitrogens is 1. The third kappa shape index (κ3) is 6.09. The van der Waals surface area contributed by atoms with Gasteiger partial charge in [0.15, 0.2) is 0 Å². The summed E-state index contributed by atoms with van der Waals surface area (Å²) >= 11 is 0. The van der Waals surface area contributed by atoms with E-state index in [1.54, 1.807) is 12.4 Å². The lowest BCUT2D eigenvalue weighted by molar-refractivity contribution is -0.385. The van der Waals surface area contributed by atoms with Crippen LogP contribution >= 0.6 is 0 Å². The quantitative estimate of drug-likeness (QED) is 0.162. The number of esters is 1. The molecule has 10 heteroatoms. The van der Waals surface area contributed by atoms with Crippen LogP contribution in [0.5, 0.6) is 5.75 Å². The van der Waals surface area contributed by atoms with Gasteiger partial charge in [0.1, 0.15) is 10.6 Å². The number of nitrogens with zero attached hydrogens (tertiary/aromatic N) is 2. The topological polar surface area (TPSA) is 126 Å². The summed E-state index contributed by atoms with van der Waals surface area (Å²) in [7, 11) is -4.27. The second-order valence-corrected chi connectivity index (χ2v) is 7.96. The van der Waals surface area contributed by atoms with Crippen LogP contribution in [-0.2, 0) is 21.3 Å². The highest BCUT2D eigenvalue weighted by Gasteiger charge is 2.20. The largest absolute Gasteiger partial charge is 0.462 e. The van der Waals surface area contributed by atoms with Gasteiger partial charge in [-0.15, -0.1) is 0 Å². The Morgan fingerprint density at radius 2 is 1.84 bits per heavy atom. The SMILES string of the molecule is O=C(OCCCc1cccnc1)c1ccc(OS(=O)(=O)c2cccc([N+](=O)[O-])c2)cc1. The number of hydrogen-bond donors (Lipinski definition) is 0. The van der Waals surface area contributed by atoms with Crippen molar-refractivity contribution < 1.29 is 27.1 Å². The van der Waals surface area contributed by atoms with Gasteiger partial charge >= 0.3 is 16.1 Å². The Balaban J connectivity index is 1.56. The number of nitro groups is 1. The molecular weight excluding hydrogens is 424 g/mol. The fraction of sp³-hybridized carbons (Fsp3) is 0.143. The van der Waals surface area contributed by atoms with Crippen LogP contribution in [0, 0.1) is 10.1 Å². The molecule has 0 unspecified atom stereocenters. The fourth-order valence-electron chi connectivity index (χ4n) is 2.64. The Bertz CT molecular complexity index is 1160. The molecule has 0 aliphatic rings. The number of benzene rings is 2. The predicted molar refractivity (Wildman–Crippen MR) is 110 cm³/mol. The smallest absolute Gasteiger partial charge is 0.339 e. The molecule has 0 bridgehead atoms. The number of carbonyl (C=O) groups is 1. The summed E-state index contributed by atoms with van der Waals surface area (Å²) < 4.78 is 34.9. The summed E-state index contributed by atoms with van der Waals surface area (Å²) in [5, 5.41) is 10.8. The van der Waals surface area contributed by atoms with Gasteiger partial charge in [-0.2, -0.15) is 8.42 Å². The molecule has 0 amide bonds. The molecule has 9 nitrogen and oxygen atoms in total. The molecule has 3 aromatic rings. The van der Waals surface area contributed by atoms with Crippen molar-refractivity contribution in [3.8, 4) is 5.75 Å². The summed E-state index contributed by atoms with van der Waals surface area (Å²) in [5.41, 5.74) is 0.915. The number of pyridine rings is 1. The lowest BCUT2D eigenvalue weighted by atomic mass is 10.2. The van der Waals surface area contributed by atoms with Crippen molar-refractivity contribution in [1.29, 1.82) is 0 Å². The first-order valence-corrected chi connectivity index (χ1v) is 10.6. The molecule has 0 radical (unpaired) electrons. The third-order valence-corrected chi connectivity index (χ3v) is 5.42. The second kappa shape index (κ2) is 9.81. The summed E-state index contributed by atoms with van der Waals surface area (Å²) in [5.74, 6) is -0.584. The van der Waals surface area contributed by atoms with Crippen LogP contribution in [-0.4, -0.2) is 30.9 Å². The van der Waals surface area contributed by atoms with Crippen LogP contribution in [0.3, 0.4) is 0 Å². The van der Waals surface area contributed by atoms with E-state index in [0.717, 1.165) is 18.1 Å². The molecule has 160 valence electrons. The summed E-state index contributed by atoms with van der Waals surface area (Å²) in [6.45, 7) is 0.229. The van der Waals surface area contributed by atoms with Gasteiger partial charge in [0.25, 0.3) is 5.69 Å². The molecular formula is C21H18N2O7S. The van der Waals surface area contributed by atoms with E-state index >= 15 is 0 Å². The van der Waals surface area contributed by atoms with Crippen molar-refractivity contribution >= 4 is 21.8 Å². The molecule has 0 atom stereocenters. The van der Waals surface area contributed by atoms with E-state index in [-0.39, 0.29) is 28.5 Å². The first-order valence-electron chi connectivity index (χ1n) is 9.20. The Hall–Kier alpha value is -3.79. The highest BCUT2D eigenvalue weighted by atomic mass is 32.2. The van der Waals surface area contributed by atoms with Crippen LogP contribution < -0.4 is 4.18 Å². The molecule has 1 aromatic heterocycles. The number of non-ortho nitro benzene ring substituents is 1. The van der Waals surface area contributed by atoms with E-state index in [9.17, 15) is 23.3 Å². The average molecular weight is 442 g/mol. The van der Waals surface area contributed by atoms with Gasteiger partial charge in [-0.1, -0.05) is 12.1 Å². The molecule has 0 N–H and O–H groups in total. The van der Waals surface area contributed by atoms with E-state index in [2.05, 4.69) is 4.98 Å². The fourth-order valence-corrected chi connectivity index (χ4v) is 3.62. The van der Waals surface area contributed by atoms with E-state index in [4.69, 9.17) is 8.92 Å². The number of ether oxygens (including phenoxy) is 1. The molecule has 31 heavy (non-hydrogen) atoms. The maximum absolute atomic E-state index is 12.3. The van der Waals surface area contributed by atoms with E-state index < -0.39 is 21.0 Å². The van der Waals surface area contributed by atoms with E-state index in [1.165, 1.54) is 42.5 Å². The maximum Gasteiger partial charge on any atom is 0.339 e. The molecule has 0 spiro atoms. The van der Waals surface area contributed by atoms with Crippen LogP contribution in [0.4, 0.5) is 5.69 Å². The highest BCUT2D eigenvalue weighted by Crippen LogP contribution is 2.22. The minimum absolute atomic E-state index is 0.0420. The zero-order chi connectivity index (χ0) is 22.3. The van der Waals surface area contributed by atoms with Gasteiger partial charge in [0.05, 0.1) is 17.1 Å². The van der Waals surface area contributed by atoms with Crippen LogP contribution in [0.25, 0.3) is 0 Å². The van der Waals surface area contributed by atoms with Gasteiger partial charge in [-0.05, 0) is 54.8 Å². The Labute approximate surface area is 178 Å². The number of hydrogen-bond acceptors (Lipinski definition) is 8. The zero-order valence-electron chi connectivity index (χ0n) is 16.2. The number of rotatable bonds is 9. The molecule has 0 aliphatic heterocycles. The Morgan fingerprint density at radius 3 is 2.52 bits per heavy atom. The van der Waals surface area contributed by atoms with Gasteiger partial charge in [0, 0.05) is 24.5 Å². The lowest BCUT2D eigenvalue weighted by Crippen LogP contribution is -2.11. The van der Waals surface area contributed by atoms with Gasteiger partial charge in [-0.3, -0.25) is 15.1 Å². The van der Waals surface area contributed by atoms with Crippen molar-refractivity contribution in [1.82, 2.24) is 4.98 Å². The van der Waals surface area contributed by atoms with Crippen LogP contribution in [0.2, 0.25) is 0 Å². The number of aryl methyl sites for hydroxylation is 1. The lowest BCUT2D eigenvalue weighted by Gasteiger charge is -2.08. The second-order valence-electron chi connectivity index (χ2n) is 6.42. The minimum atomic E-state index is -4.27. The highest BCUT2D eigenvalue weighted by molar-refractivity contribution is 7.87. The van der Waals surface area contributed by atoms with Crippen molar-refractivity contribution in [3.63, 3.8) is 0 Å². The monoisotopic (exact) mass is 442 g/mol. The van der Waals surface area contributed by atoms with Crippen molar-refractivity contribution in [2.75, 3.05) is 6.61 Å². The predicted octanol–water partition coefficient (Wildman–Crippen LogP) is 3.55. The first-order chi connectivity index (χ1) is 14.8. The molecule has 0 fully saturated rings. The van der Waals surface area contributed by atoms with Crippen molar-refractivity contribution in [2.24, 2.45) is 0 Å². The maximum atomic E-state index is 12.3. The van der Waals surface area contributed by atoms with Crippen molar-refractivity contribution in [3.05, 3.63) is 94.3 Å². The molecule has 2 aromatic carbocycles. The van der Waals surface area contributed by atoms with E-state index in [1.807, 2.05) is 12.1 Å². The van der Waals surface area contributed by atoms with Crippen LogP contribution in [0.1, 0.15) is 22.3 Å². The normalized spacial score (nSPS) is 11.0. The summed E-state index contributed by atoms with van der Waals surface area (Å²) in [6.07, 6.45) is 4.80. The molecule has 0 saturated heterocycles. The standard InChI is InChI=1S/C21H18N2O7S/c24-21(29-13-3-5-16-4-2-12-22-15-16)17-8-10-19(11-9-17)30-31(27,28)20-7-1-6-18(14-20)23(25)26/h1-2,4,6-12,14-15H,3,5,13H2. The Morgan fingerprint density at radius 1 is 1.06 bits per heavy atom. The Kier molecular flexibility index (Phi) is 6.93. The first kappa shape index (κ1) is 21.9. The number of carbonyl (C=O) groups excluding carboxylic acids is 1. The zero-order valence-corrected chi connectivity index (χ0v) is 17.0. The van der Waals surface area contributed by atoms with Gasteiger partial charge in [0.2, 0.25) is 0 Å². The van der Waals surface area contributed by atoms with Gasteiger partial charge in [-0.25, -0.2) is 4.79 Å². The van der Waals surface area contributed by atoms with Crippen LogP contribution in [0.15, 0.2) is 78.0 Å². The van der Waals surface area contributed by atoms with Gasteiger partial charge < -0.3 is 8.92 Å². The molecule has 1 heterocycles. The minimum Gasteiger partial charge on any atom is -0.462 e. The third-order valence-electron chi connectivity index (χ3n) is 4.18.